The molecule has 0 radical (unpaired) electrons. The predicted molar refractivity (Wildman–Crippen MR) is 118 cm³/mol. The molecule has 154 valence electrons. The van der Waals surface area contributed by atoms with E-state index in [1.807, 2.05) is 35.8 Å². The van der Waals surface area contributed by atoms with Gasteiger partial charge in [0.1, 0.15) is 6.04 Å². The van der Waals surface area contributed by atoms with Crippen molar-refractivity contribution in [3.05, 3.63) is 69.0 Å². The zero-order valence-electron chi connectivity index (χ0n) is 16.1. The molecule has 0 spiro atoms. The summed E-state index contributed by atoms with van der Waals surface area (Å²) in [7, 11) is 1.77. The van der Waals surface area contributed by atoms with E-state index in [0.717, 1.165) is 16.5 Å². The number of rotatable bonds is 7. The maximum atomic E-state index is 13.0. The van der Waals surface area contributed by atoms with Crippen LogP contribution in [-0.4, -0.2) is 37.6 Å². The summed E-state index contributed by atoms with van der Waals surface area (Å²) in [5.41, 5.74) is 1.94. The lowest BCUT2D eigenvalue weighted by molar-refractivity contribution is -0.123. The molecule has 3 heterocycles. The molecule has 1 atom stereocenters. The quantitative estimate of drug-likeness (QED) is 0.331. The van der Waals surface area contributed by atoms with Crippen LogP contribution < -0.4 is 10.6 Å². The number of aromatic nitrogens is 4. The van der Waals surface area contributed by atoms with Crippen LogP contribution in [0.2, 0.25) is 0 Å². The average Bonchev–Trinajstić information content (AvgIpc) is 3.49. The Kier molecular flexibility index (Phi) is 5.77. The molecule has 0 fully saturated rings. The number of nitrogens with zero attached hydrogens (tertiary/aromatic N) is 2. The first kappa shape index (κ1) is 20.0. The lowest BCUT2D eigenvalue weighted by Gasteiger charge is -2.18. The molecule has 0 aliphatic carbocycles. The number of para-hydroxylation sites is 1. The van der Waals surface area contributed by atoms with Gasteiger partial charge in [-0.3, -0.25) is 14.7 Å². The second kappa shape index (κ2) is 8.64. The number of thiophene rings is 1. The molecule has 2 amide bonds. The van der Waals surface area contributed by atoms with E-state index in [0.29, 0.717) is 21.9 Å². The van der Waals surface area contributed by atoms with Gasteiger partial charge < -0.3 is 20.2 Å². The molecule has 8 nitrogen and oxygen atoms in total. The average molecular weight is 441 g/mol. The van der Waals surface area contributed by atoms with Crippen molar-refractivity contribution < 1.29 is 9.59 Å². The van der Waals surface area contributed by atoms with Gasteiger partial charge in [-0.1, -0.05) is 24.3 Å². The Hall–Kier alpha value is -3.24. The monoisotopic (exact) mass is 440 g/mol. The van der Waals surface area contributed by atoms with Crippen molar-refractivity contribution >= 4 is 46.3 Å². The van der Waals surface area contributed by atoms with E-state index >= 15 is 0 Å². The molecule has 4 aromatic rings. The smallest absolute Gasteiger partial charge is 0.262 e. The topological polar surface area (TPSA) is 108 Å². The van der Waals surface area contributed by atoms with Crippen LogP contribution in [0.4, 0.5) is 0 Å². The number of benzene rings is 1. The number of aromatic amines is 2. The normalized spacial score (nSPS) is 12.0. The van der Waals surface area contributed by atoms with Crippen LogP contribution in [0.3, 0.4) is 0 Å². The maximum Gasteiger partial charge on any atom is 0.262 e. The standard InChI is InChI=1S/C20H20N6O2S2/c1-26-17(24-25-20(26)29)11-22-18(27)15(23-19(28)16-7-4-8-30-16)9-12-10-21-14-6-3-2-5-13(12)14/h2-8,10,15,21H,9,11H2,1H3,(H,22,27)(H,23,28)(H,25,29). The fourth-order valence-electron chi connectivity index (χ4n) is 3.19. The van der Waals surface area contributed by atoms with Gasteiger partial charge in [-0.2, -0.15) is 5.10 Å². The third kappa shape index (κ3) is 4.19. The first-order valence-electron chi connectivity index (χ1n) is 9.30. The molecule has 0 aliphatic heterocycles. The molecular weight excluding hydrogens is 420 g/mol. The van der Waals surface area contributed by atoms with Gasteiger partial charge in [0.25, 0.3) is 5.91 Å². The molecule has 0 aliphatic rings. The predicted octanol–water partition coefficient (Wildman–Crippen LogP) is 2.68. The van der Waals surface area contributed by atoms with E-state index in [1.54, 1.807) is 23.7 Å². The Balaban J connectivity index is 1.54. The highest BCUT2D eigenvalue weighted by Gasteiger charge is 2.24. The fraction of sp³-hybridized carbons (Fsp3) is 0.200. The highest BCUT2D eigenvalue weighted by atomic mass is 32.1. The van der Waals surface area contributed by atoms with Crippen LogP contribution in [0.1, 0.15) is 21.1 Å². The summed E-state index contributed by atoms with van der Waals surface area (Å²) in [5, 5.41) is 15.4. The summed E-state index contributed by atoms with van der Waals surface area (Å²) in [4.78, 5) is 29.4. The maximum absolute atomic E-state index is 13.0. The Labute approximate surface area is 181 Å². The number of hydrogen-bond donors (Lipinski definition) is 4. The van der Waals surface area contributed by atoms with Gasteiger partial charge in [0.2, 0.25) is 5.91 Å². The third-order valence-corrected chi connectivity index (χ3v) is 6.09. The minimum absolute atomic E-state index is 0.196. The second-order valence-electron chi connectivity index (χ2n) is 6.79. The van der Waals surface area contributed by atoms with Crippen molar-refractivity contribution in [1.82, 2.24) is 30.4 Å². The Morgan fingerprint density at radius 2 is 2.10 bits per heavy atom. The zero-order valence-corrected chi connectivity index (χ0v) is 17.8. The molecule has 1 aromatic carbocycles. The van der Waals surface area contributed by atoms with Gasteiger partial charge in [0, 0.05) is 30.6 Å². The first-order valence-corrected chi connectivity index (χ1v) is 10.6. The summed E-state index contributed by atoms with van der Waals surface area (Å²) in [6, 6.07) is 10.7. The van der Waals surface area contributed by atoms with Crippen molar-refractivity contribution in [2.75, 3.05) is 0 Å². The highest BCUT2D eigenvalue weighted by molar-refractivity contribution is 7.71. The Morgan fingerprint density at radius 3 is 2.83 bits per heavy atom. The number of fused-ring (bicyclic) bond motifs is 1. The number of nitrogens with one attached hydrogen (secondary N) is 4. The Bertz CT molecular complexity index is 1240. The van der Waals surface area contributed by atoms with Crippen LogP contribution in [-0.2, 0) is 24.8 Å². The summed E-state index contributed by atoms with van der Waals surface area (Å²) < 4.78 is 2.16. The zero-order chi connectivity index (χ0) is 21.1. The second-order valence-corrected chi connectivity index (χ2v) is 8.12. The number of carbonyl (C=O) groups is 2. The minimum Gasteiger partial charge on any atom is -0.361 e. The summed E-state index contributed by atoms with van der Waals surface area (Å²) in [6.45, 7) is 0.196. The van der Waals surface area contributed by atoms with Crippen LogP contribution >= 0.6 is 23.6 Å². The number of amides is 2. The molecule has 10 heteroatoms. The van der Waals surface area contributed by atoms with Crippen LogP contribution in [0, 0.1) is 4.77 Å². The van der Waals surface area contributed by atoms with Gasteiger partial charge >= 0.3 is 0 Å². The molecule has 30 heavy (non-hydrogen) atoms. The van der Waals surface area contributed by atoms with Gasteiger partial charge in [0.05, 0.1) is 11.4 Å². The van der Waals surface area contributed by atoms with E-state index in [2.05, 4.69) is 25.8 Å². The van der Waals surface area contributed by atoms with Crippen molar-refractivity contribution in [3.63, 3.8) is 0 Å². The molecule has 3 aromatic heterocycles. The molecule has 0 saturated carbocycles. The van der Waals surface area contributed by atoms with Crippen molar-refractivity contribution in [2.24, 2.45) is 7.05 Å². The number of hydrogen-bond acceptors (Lipinski definition) is 5. The van der Waals surface area contributed by atoms with Gasteiger partial charge in [-0.05, 0) is 35.3 Å². The van der Waals surface area contributed by atoms with Crippen molar-refractivity contribution in [1.29, 1.82) is 0 Å². The largest absolute Gasteiger partial charge is 0.361 e. The highest BCUT2D eigenvalue weighted by Crippen LogP contribution is 2.19. The van der Waals surface area contributed by atoms with Crippen molar-refractivity contribution in [2.45, 2.75) is 19.0 Å². The van der Waals surface area contributed by atoms with E-state index in [-0.39, 0.29) is 18.4 Å². The molecular formula is C20H20N6O2S2. The fourth-order valence-corrected chi connectivity index (χ4v) is 3.97. The summed E-state index contributed by atoms with van der Waals surface area (Å²) >= 11 is 6.43. The van der Waals surface area contributed by atoms with E-state index < -0.39 is 6.04 Å². The molecule has 1 unspecified atom stereocenters. The number of carbonyl (C=O) groups excluding carboxylic acids is 2. The Morgan fingerprint density at radius 1 is 1.27 bits per heavy atom. The lowest BCUT2D eigenvalue weighted by Crippen LogP contribution is -2.47. The minimum atomic E-state index is -0.744. The lowest BCUT2D eigenvalue weighted by atomic mass is 10.0. The van der Waals surface area contributed by atoms with Gasteiger partial charge in [-0.15, -0.1) is 11.3 Å². The van der Waals surface area contributed by atoms with E-state index in [1.165, 1.54) is 11.3 Å². The third-order valence-electron chi connectivity index (χ3n) is 4.86. The molecule has 0 saturated heterocycles. The van der Waals surface area contributed by atoms with Gasteiger partial charge in [-0.25, -0.2) is 0 Å². The molecule has 4 N–H and O–H groups in total. The van der Waals surface area contributed by atoms with Crippen LogP contribution in [0.5, 0.6) is 0 Å². The van der Waals surface area contributed by atoms with Gasteiger partial charge in [0.15, 0.2) is 10.6 Å². The van der Waals surface area contributed by atoms with E-state index in [9.17, 15) is 9.59 Å². The summed E-state index contributed by atoms with van der Waals surface area (Å²) in [6.07, 6.45) is 2.23. The van der Waals surface area contributed by atoms with Crippen LogP contribution in [0.15, 0.2) is 48.0 Å². The first-order chi connectivity index (χ1) is 14.5. The van der Waals surface area contributed by atoms with Crippen LogP contribution in [0.25, 0.3) is 10.9 Å². The molecule has 4 rings (SSSR count). The molecule has 0 bridgehead atoms. The number of H-pyrrole nitrogens is 2. The van der Waals surface area contributed by atoms with Crippen molar-refractivity contribution in [3.8, 4) is 0 Å². The van der Waals surface area contributed by atoms with E-state index in [4.69, 9.17) is 12.2 Å². The summed E-state index contributed by atoms with van der Waals surface area (Å²) in [5.74, 6) is 0.0334. The SMILES string of the molecule is Cn1c(CNC(=O)C(Cc2c[nH]c3ccccc23)NC(=O)c2cccs2)n[nH]c1=S.